The molecule has 0 heterocycles. The fraction of sp³-hybridized carbons (Fsp3) is 0.615. The molecule has 0 saturated carbocycles. The molecule has 0 aromatic rings. The van der Waals surface area contributed by atoms with Crippen molar-refractivity contribution in [1.29, 1.82) is 0 Å². The Balaban J connectivity index is 3.37. The molecule has 0 fully saturated rings. The van der Waals surface area contributed by atoms with Crippen LogP contribution in [0.5, 0.6) is 0 Å². The van der Waals surface area contributed by atoms with Crippen LogP contribution in [0, 0.1) is 0 Å². The van der Waals surface area contributed by atoms with E-state index in [0.29, 0.717) is 0 Å². The van der Waals surface area contributed by atoms with Crippen molar-refractivity contribution in [3.05, 3.63) is 11.5 Å². The largest absolute Gasteiger partial charge is 0.493 e. The average molecular weight is 332 g/mol. The van der Waals surface area contributed by atoms with E-state index in [0.717, 1.165) is 0 Å². The van der Waals surface area contributed by atoms with Crippen LogP contribution in [-0.2, 0) is 14.3 Å². The van der Waals surface area contributed by atoms with Gasteiger partial charge in [-0.1, -0.05) is 0 Å². The number of carbonyl (C=O) groups is 2. The summed E-state index contributed by atoms with van der Waals surface area (Å²) in [6.07, 6.45) is -2.01. The number of nitrogens with one attached hydrogen (secondary N) is 1. The maximum Gasteiger partial charge on any atom is 0.328 e. The Bertz CT molecular complexity index is 544. The maximum absolute atomic E-state index is 11.0. The number of hydrogen-bond donors (Lipinski definition) is 6. The first-order valence-corrected chi connectivity index (χ1v) is 6.71. The number of aliphatic carboxylic acids is 2. The standard InChI is InChI=1S/C13H20N2O8/c1-6(12(20)21)15-9-10(23-2)7(14-4-8(17)18)3-13(22,5-16)11(9)19/h6,11,14,16,19,22H,3-5H2,1-2H3,(H,17,18)(H,20,21). The van der Waals surface area contributed by atoms with Gasteiger partial charge in [0.15, 0.2) is 5.76 Å². The third-order valence-corrected chi connectivity index (χ3v) is 3.38. The van der Waals surface area contributed by atoms with Gasteiger partial charge in [0.1, 0.15) is 30.0 Å². The number of hydrogen-bond acceptors (Lipinski definition) is 8. The second-order valence-corrected chi connectivity index (χ2v) is 5.13. The van der Waals surface area contributed by atoms with Gasteiger partial charge in [-0.2, -0.15) is 0 Å². The number of aliphatic imine (C=N–C) groups is 1. The van der Waals surface area contributed by atoms with Crippen molar-refractivity contribution in [3.8, 4) is 0 Å². The molecule has 10 heteroatoms. The minimum absolute atomic E-state index is 0.0648. The van der Waals surface area contributed by atoms with Gasteiger partial charge >= 0.3 is 11.9 Å². The molecule has 23 heavy (non-hydrogen) atoms. The van der Waals surface area contributed by atoms with Crippen molar-refractivity contribution in [2.75, 3.05) is 20.3 Å². The van der Waals surface area contributed by atoms with Crippen LogP contribution in [0.25, 0.3) is 0 Å². The Morgan fingerprint density at radius 3 is 2.52 bits per heavy atom. The normalized spacial score (nSPS) is 27.7. The number of aliphatic hydroxyl groups excluding tert-OH is 2. The molecule has 1 aliphatic carbocycles. The zero-order chi connectivity index (χ0) is 17.8. The summed E-state index contributed by atoms with van der Waals surface area (Å²) >= 11 is 0. The number of aliphatic hydroxyl groups is 3. The van der Waals surface area contributed by atoms with Crippen LogP contribution in [0.1, 0.15) is 13.3 Å². The highest BCUT2D eigenvalue weighted by molar-refractivity contribution is 6.05. The first-order valence-electron chi connectivity index (χ1n) is 6.71. The van der Waals surface area contributed by atoms with Gasteiger partial charge in [0.25, 0.3) is 0 Å². The van der Waals surface area contributed by atoms with Crippen LogP contribution >= 0.6 is 0 Å². The zero-order valence-electron chi connectivity index (χ0n) is 12.7. The van der Waals surface area contributed by atoms with E-state index in [1.54, 1.807) is 0 Å². The van der Waals surface area contributed by atoms with E-state index in [9.17, 15) is 24.9 Å². The van der Waals surface area contributed by atoms with Crippen LogP contribution < -0.4 is 5.32 Å². The summed E-state index contributed by atoms with van der Waals surface area (Å²) in [5.41, 5.74) is -2.23. The summed E-state index contributed by atoms with van der Waals surface area (Å²) in [5, 5.41) is 50.1. The quantitative estimate of drug-likeness (QED) is 0.306. The van der Waals surface area contributed by atoms with Crippen molar-refractivity contribution >= 4 is 17.7 Å². The van der Waals surface area contributed by atoms with Gasteiger partial charge in [-0.25, -0.2) is 4.79 Å². The summed E-state index contributed by atoms with van der Waals surface area (Å²) in [5.74, 6) is -2.51. The molecule has 1 aliphatic rings. The molecule has 0 saturated heterocycles. The smallest absolute Gasteiger partial charge is 0.328 e. The first kappa shape index (κ1) is 18.9. The predicted molar refractivity (Wildman–Crippen MR) is 76.9 cm³/mol. The van der Waals surface area contributed by atoms with E-state index in [4.69, 9.17) is 14.9 Å². The Morgan fingerprint density at radius 1 is 1.48 bits per heavy atom. The monoisotopic (exact) mass is 332 g/mol. The molecule has 0 radical (unpaired) electrons. The van der Waals surface area contributed by atoms with Crippen molar-refractivity contribution in [1.82, 2.24) is 5.32 Å². The van der Waals surface area contributed by atoms with Gasteiger partial charge < -0.3 is 35.6 Å². The summed E-state index contributed by atoms with van der Waals surface area (Å²) in [7, 11) is 1.23. The number of rotatable bonds is 7. The number of nitrogens with zero attached hydrogens (tertiary/aromatic N) is 1. The van der Waals surface area contributed by atoms with E-state index in [2.05, 4.69) is 10.3 Å². The molecule has 10 nitrogen and oxygen atoms in total. The Labute approximate surface area is 131 Å². The second kappa shape index (κ2) is 7.40. The Morgan fingerprint density at radius 2 is 2.09 bits per heavy atom. The maximum atomic E-state index is 11.0. The van der Waals surface area contributed by atoms with E-state index in [1.165, 1.54) is 14.0 Å². The molecule has 0 bridgehead atoms. The molecule has 1 rings (SSSR count). The fourth-order valence-corrected chi connectivity index (χ4v) is 2.10. The number of methoxy groups -OCH3 is 1. The third kappa shape index (κ3) is 4.18. The van der Waals surface area contributed by atoms with Crippen molar-refractivity contribution in [3.63, 3.8) is 0 Å². The predicted octanol–water partition coefficient (Wildman–Crippen LogP) is -2.08. The summed E-state index contributed by atoms with van der Waals surface area (Å²) in [6.45, 7) is -0.0856. The number of carboxylic acids is 2. The zero-order valence-corrected chi connectivity index (χ0v) is 12.7. The third-order valence-electron chi connectivity index (χ3n) is 3.38. The lowest BCUT2D eigenvalue weighted by atomic mass is 9.82. The van der Waals surface area contributed by atoms with Gasteiger partial charge in [-0.15, -0.1) is 0 Å². The van der Waals surface area contributed by atoms with E-state index in [1.807, 2.05) is 0 Å². The van der Waals surface area contributed by atoms with Crippen molar-refractivity contribution in [2.24, 2.45) is 4.99 Å². The molecule has 0 aromatic heterocycles. The van der Waals surface area contributed by atoms with Crippen molar-refractivity contribution in [2.45, 2.75) is 31.1 Å². The minimum Gasteiger partial charge on any atom is -0.493 e. The van der Waals surface area contributed by atoms with Crippen LogP contribution in [0.3, 0.4) is 0 Å². The number of carboxylic acid groups (broad SMARTS) is 2. The van der Waals surface area contributed by atoms with Crippen LogP contribution in [0.15, 0.2) is 16.4 Å². The fourth-order valence-electron chi connectivity index (χ4n) is 2.10. The van der Waals surface area contributed by atoms with Crippen LogP contribution in [0.2, 0.25) is 0 Å². The van der Waals surface area contributed by atoms with Gasteiger partial charge in [0, 0.05) is 6.42 Å². The average Bonchev–Trinajstić information content (AvgIpc) is 2.49. The molecular formula is C13H20N2O8. The summed E-state index contributed by atoms with van der Waals surface area (Å²) < 4.78 is 5.09. The lowest BCUT2D eigenvalue weighted by Gasteiger charge is -2.38. The van der Waals surface area contributed by atoms with E-state index >= 15 is 0 Å². The van der Waals surface area contributed by atoms with Gasteiger partial charge in [0.05, 0.1) is 19.4 Å². The highest BCUT2D eigenvalue weighted by Crippen LogP contribution is 2.31. The lowest BCUT2D eigenvalue weighted by molar-refractivity contribution is -0.138. The topological polar surface area (TPSA) is 169 Å². The molecular weight excluding hydrogens is 312 g/mol. The van der Waals surface area contributed by atoms with Crippen LogP contribution in [0.4, 0.5) is 0 Å². The summed E-state index contributed by atoms with van der Waals surface area (Å²) in [6, 6.07) is -1.24. The molecule has 130 valence electrons. The van der Waals surface area contributed by atoms with Gasteiger partial charge in [-0.3, -0.25) is 9.79 Å². The molecule has 0 aromatic carbocycles. The molecule has 3 atom stereocenters. The minimum atomic E-state index is -2.04. The van der Waals surface area contributed by atoms with Gasteiger partial charge in [-0.05, 0) is 6.92 Å². The highest BCUT2D eigenvalue weighted by atomic mass is 16.5. The second-order valence-electron chi connectivity index (χ2n) is 5.13. The summed E-state index contributed by atoms with van der Waals surface area (Å²) in [4.78, 5) is 25.5. The Kier molecular flexibility index (Phi) is 6.07. The van der Waals surface area contributed by atoms with E-state index in [-0.39, 0.29) is 23.6 Å². The highest BCUT2D eigenvalue weighted by Gasteiger charge is 2.46. The van der Waals surface area contributed by atoms with Gasteiger partial charge in [0.2, 0.25) is 0 Å². The molecule has 0 aliphatic heterocycles. The van der Waals surface area contributed by atoms with Crippen molar-refractivity contribution < 1.29 is 39.9 Å². The SMILES string of the molecule is COC1=C(NCC(=O)O)CC(O)(CO)C(O)C1=NC(C)C(=O)O. The lowest BCUT2D eigenvalue weighted by Crippen LogP contribution is -2.55. The molecule has 6 N–H and O–H groups in total. The molecule has 0 amide bonds. The first-order chi connectivity index (χ1) is 10.7. The number of ether oxygens (including phenoxy) is 1. The Hall–Kier alpha value is -2.17. The van der Waals surface area contributed by atoms with E-state index < -0.39 is 42.8 Å². The molecule has 0 spiro atoms. The van der Waals surface area contributed by atoms with Crippen LogP contribution in [-0.4, -0.2) is 81.2 Å². The molecule has 3 unspecified atom stereocenters.